The first-order valence-electron chi connectivity index (χ1n) is 12.3. The van der Waals surface area contributed by atoms with Crippen molar-refractivity contribution in [1.29, 1.82) is 0 Å². The number of anilines is 5. The summed E-state index contributed by atoms with van der Waals surface area (Å²) in [6, 6.07) is 16.4. The van der Waals surface area contributed by atoms with Crippen molar-refractivity contribution >= 4 is 28.8 Å². The highest BCUT2D eigenvalue weighted by Gasteiger charge is 2.48. The molecule has 1 unspecified atom stereocenters. The van der Waals surface area contributed by atoms with E-state index in [0.29, 0.717) is 11.9 Å². The van der Waals surface area contributed by atoms with Crippen molar-refractivity contribution in [2.45, 2.75) is 37.0 Å². The van der Waals surface area contributed by atoms with Crippen molar-refractivity contribution in [1.82, 2.24) is 14.9 Å². The van der Waals surface area contributed by atoms with Gasteiger partial charge in [-0.1, -0.05) is 0 Å². The molecule has 0 spiro atoms. The lowest BCUT2D eigenvalue weighted by Crippen LogP contribution is -2.59. The Morgan fingerprint density at radius 3 is 2.60 bits per heavy atom. The van der Waals surface area contributed by atoms with E-state index >= 15 is 0 Å². The second-order valence-corrected chi connectivity index (χ2v) is 9.94. The number of nitrogens with one attached hydrogen (secondary N) is 2. The quantitative estimate of drug-likeness (QED) is 0.457. The van der Waals surface area contributed by atoms with Gasteiger partial charge in [-0.25, -0.2) is 4.98 Å². The molecule has 2 aliphatic heterocycles. The SMILES string of the molecule is COC1(N(C)C)CC(Oc2ccc(Nc3nccc(Nc4ccc5c(c4)C4CCN5C4)n3)cc2)C1. The Morgan fingerprint density at radius 1 is 1.03 bits per heavy atom. The highest BCUT2D eigenvalue weighted by molar-refractivity contribution is 5.70. The Kier molecular flexibility index (Phi) is 5.50. The van der Waals surface area contributed by atoms with E-state index in [1.54, 1.807) is 13.3 Å². The maximum Gasteiger partial charge on any atom is 0.229 e. The highest BCUT2D eigenvalue weighted by atomic mass is 16.5. The Morgan fingerprint density at radius 2 is 1.83 bits per heavy atom. The van der Waals surface area contributed by atoms with Crippen LogP contribution in [0.15, 0.2) is 54.7 Å². The number of hydrogen-bond acceptors (Lipinski definition) is 8. The van der Waals surface area contributed by atoms with Crippen molar-refractivity contribution in [2.24, 2.45) is 0 Å². The third-order valence-corrected chi connectivity index (χ3v) is 7.63. The van der Waals surface area contributed by atoms with Crippen molar-refractivity contribution in [2.75, 3.05) is 49.8 Å². The molecule has 6 rings (SSSR count). The predicted molar refractivity (Wildman–Crippen MR) is 138 cm³/mol. The minimum absolute atomic E-state index is 0.161. The molecule has 2 bridgehead atoms. The molecule has 3 aromatic rings. The van der Waals surface area contributed by atoms with Gasteiger partial charge in [-0.15, -0.1) is 0 Å². The zero-order valence-corrected chi connectivity index (χ0v) is 20.5. The van der Waals surface area contributed by atoms with Gasteiger partial charge in [0.25, 0.3) is 0 Å². The lowest BCUT2D eigenvalue weighted by atomic mass is 9.83. The molecule has 182 valence electrons. The van der Waals surface area contributed by atoms with E-state index in [-0.39, 0.29) is 11.8 Å². The summed E-state index contributed by atoms with van der Waals surface area (Å²) in [5.41, 5.74) is 4.60. The van der Waals surface area contributed by atoms with Crippen molar-refractivity contribution in [3.63, 3.8) is 0 Å². The predicted octanol–water partition coefficient (Wildman–Crippen LogP) is 4.72. The summed E-state index contributed by atoms with van der Waals surface area (Å²) in [5, 5.41) is 6.73. The van der Waals surface area contributed by atoms with Gasteiger partial charge in [0.05, 0.1) is 0 Å². The summed E-state index contributed by atoms with van der Waals surface area (Å²) in [7, 11) is 5.84. The zero-order chi connectivity index (χ0) is 24.0. The molecule has 3 aliphatic rings. The van der Waals surface area contributed by atoms with Crippen LogP contribution in [0.5, 0.6) is 5.75 Å². The number of methoxy groups -OCH3 is 1. The van der Waals surface area contributed by atoms with E-state index in [1.165, 1.54) is 24.2 Å². The molecule has 2 N–H and O–H groups in total. The topological polar surface area (TPSA) is 74.8 Å². The number of ether oxygens (including phenoxy) is 2. The number of hydrogen-bond donors (Lipinski definition) is 2. The fourth-order valence-electron chi connectivity index (χ4n) is 5.50. The summed E-state index contributed by atoms with van der Waals surface area (Å²) in [5.74, 6) is 2.83. The van der Waals surface area contributed by atoms with Crippen LogP contribution in [0.3, 0.4) is 0 Å². The van der Waals surface area contributed by atoms with Crippen LogP contribution in [0, 0.1) is 0 Å². The zero-order valence-electron chi connectivity index (χ0n) is 20.5. The van der Waals surface area contributed by atoms with Gasteiger partial charge in [-0.3, -0.25) is 4.90 Å². The molecule has 35 heavy (non-hydrogen) atoms. The minimum atomic E-state index is -0.208. The lowest BCUT2D eigenvalue weighted by Gasteiger charge is -2.50. The summed E-state index contributed by atoms with van der Waals surface area (Å²) in [4.78, 5) is 13.6. The normalized spacial score (nSPS) is 24.3. The van der Waals surface area contributed by atoms with Crippen molar-refractivity contribution in [3.8, 4) is 5.75 Å². The smallest absolute Gasteiger partial charge is 0.229 e. The Balaban J connectivity index is 1.07. The standard InChI is InChI=1S/C27H32N6O2/c1-32(2)27(34-3)15-22(16-27)35-21-7-4-19(5-8-21)30-26-28-12-10-25(31-26)29-20-6-9-24-23(14-20)18-11-13-33(24)17-18/h4-10,12,14,18,22H,11,13,15-17H2,1-3H3,(H2,28,29,30,31). The number of fused-ring (bicyclic) bond motifs is 5. The van der Waals surface area contributed by atoms with Gasteiger partial charge in [0.1, 0.15) is 23.4 Å². The molecular weight excluding hydrogens is 440 g/mol. The third-order valence-electron chi connectivity index (χ3n) is 7.63. The number of aromatic nitrogens is 2. The van der Waals surface area contributed by atoms with Gasteiger partial charge in [0.15, 0.2) is 0 Å². The van der Waals surface area contributed by atoms with E-state index in [2.05, 4.69) is 48.6 Å². The van der Waals surface area contributed by atoms with Crippen LogP contribution in [0.25, 0.3) is 0 Å². The molecular formula is C27H32N6O2. The molecule has 1 saturated carbocycles. The van der Waals surface area contributed by atoms with Crippen LogP contribution in [0.1, 0.15) is 30.7 Å². The van der Waals surface area contributed by atoms with Crippen LogP contribution >= 0.6 is 0 Å². The van der Waals surface area contributed by atoms with Gasteiger partial charge in [0.2, 0.25) is 5.95 Å². The van der Waals surface area contributed by atoms with Crippen molar-refractivity contribution in [3.05, 3.63) is 60.3 Å². The van der Waals surface area contributed by atoms with Crippen LogP contribution in [0.4, 0.5) is 28.8 Å². The van der Waals surface area contributed by atoms with Crippen molar-refractivity contribution < 1.29 is 9.47 Å². The molecule has 1 aromatic heterocycles. The molecule has 3 heterocycles. The van der Waals surface area contributed by atoms with Gasteiger partial charge in [0, 0.05) is 62.2 Å². The first-order valence-corrected chi connectivity index (χ1v) is 12.3. The summed E-state index contributed by atoms with van der Waals surface area (Å²) < 4.78 is 11.8. The van der Waals surface area contributed by atoms with E-state index in [4.69, 9.17) is 9.47 Å². The average Bonchev–Trinajstić information content (AvgIpc) is 3.45. The van der Waals surface area contributed by atoms with Gasteiger partial charge in [-0.2, -0.15) is 4.98 Å². The van der Waals surface area contributed by atoms with E-state index in [1.807, 2.05) is 44.4 Å². The first-order chi connectivity index (χ1) is 17.0. The molecule has 8 heteroatoms. The Hall–Kier alpha value is -3.36. The molecule has 1 saturated heterocycles. The minimum Gasteiger partial charge on any atom is -0.490 e. The Labute approximate surface area is 206 Å². The van der Waals surface area contributed by atoms with Crippen LogP contribution in [0.2, 0.25) is 0 Å². The lowest BCUT2D eigenvalue weighted by molar-refractivity contribution is -0.204. The van der Waals surface area contributed by atoms with E-state index in [0.717, 1.165) is 42.3 Å². The van der Waals surface area contributed by atoms with Crippen LogP contribution in [-0.4, -0.2) is 61.0 Å². The first kappa shape index (κ1) is 22.1. The second-order valence-electron chi connectivity index (χ2n) is 9.94. The molecule has 1 atom stereocenters. The molecule has 0 radical (unpaired) electrons. The molecule has 1 aliphatic carbocycles. The second kappa shape index (κ2) is 8.70. The molecule has 0 amide bonds. The summed E-state index contributed by atoms with van der Waals surface area (Å²) in [6.07, 6.45) is 4.89. The molecule has 2 aromatic carbocycles. The fraction of sp³-hybridized carbons (Fsp3) is 0.407. The number of rotatable bonds is 8. The van der Waals surface area contributed by atoms with Gasteiger partial charge >= 0.3 is 0 Å². The van der Waals surface area contributed by atoms with Gasteiger partial charge in [-0.05, 0) is 74.6 Å². The maximum absolute atomic E-state index is 6.12. The van der Waals surface area contributed by atoms with Crippen LogP contribution in [-0.2, 0) is 4.74 Å². The Bertz CT molecular complexity index is 1210. The number of nitrogens with zero attached hydrogens (tertiary/aromatic N) is 4. The van der Waals surface area contributed by atoms with E-state index in [9.17, 15) is 0 Å². The summed E-state index contributed by atoms with van der Waals surface area (Å²) in [6.45, 7) is 2.35. The third kappa shape index (κ3) is 4.17. The van der Waals surface area contributed by atoms with E-state index < -0.39 is 0 Å². The number of benzene rings is 2. The fourth-order valence-corrected chi connectivity index (χ4v) is 5.50. The molecule has 2 fully saturated rings. The average molecular weight is 473 g/mol. The van der Waals surface area contributed by atoms with Gasteiger partial charge < -0.3 is 25.0 Å². The highest BCUT2D eigenvalue weighted by Crippen LogP contribution is 2.44. The van der Waals surface area contributed by atoms with Crippen LogP contribution < -0.4 is 20.3 Å². The largest absolute Gasteiger partial charge is 0.490 e. The summed E-state index contributed by atoms with van der Waals surface area (Å²) >= 11 is 0. The maximum atomic E-state index is 6.12. The monoisotopic (exact) mass is 472 g/mol. The molecule has 8 nitrogen and oxygen atoms in total.